The van der Waals surface area contributed by atoms with Crippen LogP contribution in [0.25, 0.3) is 0 Å². The van der Waals surface area contributed by atoms with E-state index >= 15 is 0 Å². The summed E-state index contributed by atoms with van der Waals surface area (Å²) in [6.07, 6.45) is 2.37. The molecule has 3 rings (SSSR count). The number of thiophene rings is 1. The molecule has 2 atom stereocenters. The van der Waals surface area contributed by atoms with E-state index in [0.29, 0.717) is 11.3 Å². The molecule has 0 bridgehead atoms. The summed E-state index contributed by atoms with van der Waals surface area (Å²) in [6.45, 7) is 3.33. The maximum Gasteiger partial charge on any atom is 0.0601 e. The number of hydrogen-bond acceptors (Lipinski definition) is 3. The van der Waals surface area contributed by atoms with E-state index in [0.717, 1.165) is 6.54 Å². The Hall–Kier alpha value is -0.770. The van der Waals surface area contributed by atoms with Crippen molar-refractivity contribution in [2.24, 2.45) is 0 Å². The predicted molar refractivity (Wildman–Crippen MR) is 85.1 cm³/mol. The average Bonchev–Trinajstić information content (AvgIpc) is 3.04. The van der Waals surface area contributed by atoms with Crippen molar-refractivity contribution < 1.29 is 0 Å². The quantitative estimate of drug-likeness (QED) is 0.869. The third-order valence-electron chi connectivity index (χ3n) is 3.56. The smallest absolute Gasteiger partial charge is 0.0601 e. The summed E-state index contributed by atoms with van der Waals surface area (Å²) in [5.41, 5.74) is 3.02. The van der Waals surface area contributed by atoms with Crippen LogP contribution in [0, 0.1) is 0 Å². The minimum Gasteiger partial charge on any atom is -0.309 e. The van der Waals surface area contributed by atoms with Crippen LogP contribution in [0.5, 0.6) is 0 Å². The zero-order valence-electron chi connectivity index (χ0n) is 11.1. The molecule has 0 spiro atoms. The topological polar surface area (TPSA) is 12.0 Å². The Morgan fingerprint density at radius 1 is 1.26 bits per heavy atom. The summed E-state index contributed by atoms with van der Waals surface area (Å²) in [4.78, 5) is 0. The number of benzene rings is 1. The lowest BCUT2D eigenvalue weighted by atomic mass is 10.1. The van der Waals surface area contributed by atoms with Gasteiger partial charge in [-0.2, -0.15) is 0 Å². The number of thioether (sulfide) groups is 1. The van der Waals surface area contributed by atoms with E-state index in [1.807, 2.05) is 23.1 Å². The van der Waals surface area contributed by atoms with Gasteiger partial charge in [0.05, 0.1) is 4.21 Å². The Labute approximate surface area is 123 Å². The highest BCUT2D eigenvalue weighted by atomic mass is 32.2. The molecule has 0 saturated carbocycles. The first-order valence-electron chi connectivity index (χ1n) is 6.90. The third kappa shape index (κ3) is 2.88. The summed E-state index contributed by atoms with van der Waals surface area (Å²) < 4.78 is 1.43. The van der Waals surface area contributed by atoms with Crippen LogP contribution in [0.1, 0.15) is 30.5 Å². The van der Waals surface area contributed by atoms with E-state index in [1.165, 1.54) is 28.2 Å². The lowest BCUT2D eigenvalue weighted by Gasteiger charge is -2.21. The molecule has 1 aliphatic rings. The van der Waals surface area contributed by atoms with Gasteiger partial charge >= 0.3 is 0 Å². The van der Waals surface area contributed by atoms with Gasteiger partial charge in [0.15, 0.2) is 0 Å². The van der Waals surface area contributed by atoms with Crippen molar-refractivity contribution in [1.29, 1.82) is 0 Å². The standard InChI is InChI=1S/C16H19NS2/c1-2-9-17-16-13-7-4-3-6-12(13)11-14(16)19-15-8-5-10-18-15/h3-8,10,14,16-17H,2,9,11H2,1H3. The van der Waals surface area contributed by atoms with Crippen molar-refractivity contribution in [3.63, 3.8) is 0 Å². The van der Waals surface area contributed by atoms with Crippen LogP contribution in [0.3, 0.4) is 0 Å². The fourth-order valence-corrected chi connectivity index (χ4v) is 4.99. The number of hydrogen-bond donors (Lipinski definition) is 1. The van der Waals surface area contributed by atoms with Crippen LogP contribution in [-0.4, -0.2) is 11.8 Å². The van der Waals surface area contributed by atoms with E-state index < -0.39 is 0 Å². The van der Waals surface area contributed by atoms with Crippen molar-refractivity contribution in [2.45, 2.75) is 35.3 Å². The van der Waals surface area contributed by atoms with Gasteiger partial charge in [0.2, 0.25) is 0 Å². The molecule has 1 heterocycles. The van der Waals surface area contributed by atoms with Gasteiger partial charge in [0.25, 0.3) is 0 Å². The largest absolute Gasteiger partial charge is 0.309 e. The average molecular weight is 289 g/mol. The van der Waals surface area contributed by atoms with E-state index in [-0.39, 0.29) is 0 Å². The van der Waals surface area contributed by atoms with Gasteiger partial charge in [-0.3, -0.25) is 0 Å². The molecule has 3 heteroatoms. The maximum atomic E-state index is 3.73. The Kier molecular flexibility index (Phi) is 4.26. The maximum absolute atomic E-state index is 3.73. The Balaban J connectivity index is 1.80. The fraction of sp³-hybridized carbons (Fsp3) is 0.375. The second-order valence-corrected chi connectivity index (χ2v) is 7.41. The monoisotopic (exact) mass is 289 g/mol. The van der Waals surface area contributed by atoms with Crippen molar-refractivity contribution in [3.05, 3.63) is 52.9 Å². The van der Waals surface area contributed by atoms with Gasteiger partial charge in [0.1, 0.15) is 0 Å². The molecule has 1 nitrogen and oxygen atoms in total. The molecule has 1 aromatic heterocycles. The van der Waals surface area contributed by atoms with Gasteiger partial charge in [-0.25, -0.2) is 0 Å². The Morgan fingerprint density at radius 2 is 2.16 bits per heavy atom. The highest BCUT2D eigenvalue weighted by molar-refractivity contribution is 8.01. The summed E-state index contributed by atoms with van der Waals surface area (Å²) >= 11 is 3.88. The lowest BCUT2D eigenvalue weighted by molar-refractivity contribution is 0.539. The van der Waals surface area contributed by atoms with E-state index in [2.05, 4.69) is 54.0 Å². The molecule has 1 aliphatic carbocycles. The van der Waals surface area contributed by atoms with Gasteiger partial charge in [-0.1, -0.05) is 37.3 Å². The minimum absolute atomic E-state index is 0.503. The van der Waals surface area contributed by atoms with Gasteiger partial charge in [-0.05, 0) is 42.0 Å². The molecule has 100 valence electrons. The van der Waals surface area contributed by atoms with Crippen molar-refractivity contribution in [3.8, 4) is 0 Å². The fourth-order valence-electron chi connectivity index (χ4n) is 2.69. The van der Waals surface area contributed by atoms with Crippen LogP contribution >= 0.6 is 23.1 Å². The van der Waals surface area contributed by atoms with Crippen molar-refractivity contribution in [2.75, 3.05) is 6.54 Å². The first-order valence-corrected chi connectivity index (χ1v) is 8.65. The molecule has 1 aromatic carbocycles. The predicted octanol–water partition coefficient (Wildman–Crippen LogP) is 4.51. The third-order valence-corrected chi connectivity index (χ3v) is 5.91. The Bertz CT molecular complexity index is 519. The highest BCUT2D eigenvalue weighted by Gasteiger charge is 2.32. The lowest BCUT2D eigenvalue weighted by Crippen LogP contribution is -2.27. The van der Waals surface area contributed by atoms with Crippen LogP contribution in [0.4, 0.5) is 0 Å². The van der Waals surface area contributed by atoms with Crippen LogP contribution in [-0.2, 0) is 6.42 Å². The Morgan fingerprint density at radius 3 is 2.95 bits per heavy atom. The molecule has 2 aromatic rings. The summed E-state index contributed by atoms with van der Waals surface area (Å²) in [7, 11) is 0. The SMILES string of the molecule is CCCNC1c2ccccc2CC1Sc1cccs1. The van der Waals surface area contributed by atoms with Crippen LogP contribution in [0.15, 0.2) is 46.0 Å². The van der Waals surface area contributed by atoms with Crippen LogP contribution in [0.2, 0.25) is 0 Å². The van der Waals surface area contributed by atoms with E-state index in [9.17, 15) is 0 Å². The molecule has 0 fully saturated rings. The van der Waals surface area contributed by atoms with Crippen molar-refractivity contribution in [1.82, 2.24) is 5.32 Å². The molecule has 2 unspecified atom stereocenters. The van der Waals surface area contributed by atoms with E-state index in [4.69, 9.17) is 0 Å². The zero-order chi connectivity index (χ0) is 13.1. The van der Waals surface area contributed by atoms with Crippen molar-refractivity contribution >= 4 is 23.1 Å². The first-order chi connectivity index (χ1) is 9.38. The van der Waals surface area contributed by atoms with Gasteiger partial charge in [-0.15, -0.1) is 23.1 Å². The molecule has 19 heavy (non-hydrogen) atoms. The molecular weight excluding hydrogens is 270 g/mol. The summed E-state index contributed by atoms with van der Waals surface area (Å²) in [5, 5.41) is 6.53. The highest BCUT2D eigenvalue weighted by Crippen LogP contribution is 2.42. The second kappa shape index (κ2) is 6.12. The zero-order valence-corrected chi connectivity index (χ0v) is 12.8. The molecular formula is C16H19NS2. The number of rotatable bonds is 5. The second-order valence-electron chi connectivity index (χ2n) is 4.92. The van der Waals surface area contributed by atoms with Gasteiger partial charge < -0.3 is 5.32 Å². The normalized spacial score (nSPS) is 21.5. The first kappa shape index (κ1) is 13.2. The number of fused-ring (bicyclic) bond motifs is 1. The van der Waals surface area contributed by atoms with Gasteiger partial charge in [0, 0.05) is 11.3 Å². The van der Waals surface area contributed by atoms with E-state index in [1.54, 1.807) is 0 Å². The minimum atomic E-state index is 0.503. The molecule has 0 radical (unpaired) electrons. The summed E-state index contributed by atoms with van der Waals surface area (Å²) in [5.74, 6) is 0. The van der Waals surface area contributed by atoms with Crippen LogP contribution < -0.4 is 5.32 Å². The molecule has 0 saturated heterocycles. The molecule has 0 aliphatic heterocycles. The summed E-state index contributed by atoms with van der Waals surface area (Å²) in [6, 6.07) is 13.8. The molecule has 0 amide bonds. The number of nitrogens with one attached hydrogen (secondary N) is 1. The molecule has 1 N–H and O–H groups in total.